The largest absolute Gasteiger partial charge is 0.383 e. The van der Waals surface area contributed by atoms with Gasteiger partial charge in [-0.1, -0.05) is 0 Å². The summed E-state index contributed by atoms with van der Waals surface area (Å²) in [6.45, 7) is 6.00. The SMILES string of the molecule is COCCNCC1CCN(c2ncnc(C)c2F)CC1. The molecule has 0 aromatic carbocycles. The Labute approximate surface area is 119 Å². The average Bonchev–Trinajstić information content (AvgIpc) is 2.47. The predicted octanol–water partition coefficient (Wildman–Crippen LogP) is 1.38. The summed E-state index contributed by atoms with van der Waals surface area (Å²) in [5.41, 5.74) is 0.415. The minimum Gasteiger partial charge on any atom is -0.383 e. The van der Waals surface area contributed by atoms with E-state index in [4.69, 9.17) is 4.74 Å². The van der Waals surface area contributed by atoms with E-state index < -0.39 is 0 Å². The Hall–Kier alpha value is -1.27. The van der Waals surface area contributed by atoms with Gasteiger partial charge in [0.05, 0.1) is 12.3 Å². The molecule has 0 bridgehead atoms. The van der Waals surface area contributed by atoms with Crippen molar-refractivity contribution in [3.05, 3.63) is 17.8 Å². The summed E-state index contributed by atoms with van der Waals surface area (Å²) in [5, 5.41) is 3.39. The standard InChI is InChI=1S/C14H23FN4O/c1-11-13(15)14(18-10-17-11)19-6-3-12(4-7-19)9-16-5-8-20-2/h10,12,16H,3-9H2,1-2H3. The Kier molecular flexibility index (Phi) is 5.67. The fourth-order valence-electron chi connectivity index (χ4n) is 2.50. The van der Waals surface area contributed by atoms with Gasteiger partial charge in [-0.15, -0.1) is 0 Å². The first-order valence-corrected chi connectivity index (χ1v) is 7.14. The van der Waals surface area contributed by atoms with Gasteiger partial charge in [-0.3, -0.25) is 0 Å². The van der Waals surface area contributed by atoms with Crippen LogP contribution >= 0.6 is 0 Å². The lowest BCUT2D eigenvalue weighted by atomic mass is 9.97. The summed E-state index contributed by atoms with van der Waals surface area (Å²) in [6.07, 6.45) is 3.55. The van der Waals surface area contributed by atoms with Crippen LogP contribution < -0.4 is 10.2 Å². The number of nitrogens with zero attached hydrogens (tertiary/aromatic N) is 3. The van der Waals surface area contributed by atoms with Gasteiger partial charge in [-0.2, -0.15) is 0 Å². The number of anilines is 1. The van der Waals surface area contributed by atoms with E-state index in [0.29, 0.717) is 17.4 Å². The number of hydrogen-bond donors (Lipinski definition) is 1. The minimum absolute atomic E-state index is 0.288. The van der Waals surface area contributed by atoms with Crippen LogP contribution in [0, 0.1) is 18.7 Å². The molecule has 0 unspecified atom stereocenters. The molecule has 1 aromatic rings. The highest BCUT2D eigenvalue weighted by Gasteiger charge is 2.22. The molecule has 1 aliphatic heterocycles. The van der Waals surface area contributed by atoms with E-state index in [-0.39, 0.29) is 5.82 Å². The molecule has 2 rings (SSSR count). The van der Waals surface area contributed by atoms with Gasteiger partial charge in [0.15, 0.2) is 11.6 Å². The van der Waals surface area contributed by atoms with Crippen LogP contribution in [-0.2, 0) is 4.74 Å². The summed E-state index contributed by atoms with van der Waals surface area (Å²) in [6, 6.07) is 0. The van der Waals surface area contributed by atoms with E-state index in [1.54, 1.807) is 14.0 Å². The van der Waals surface area contributed by atoms with E-state index in [9.17, 15) is 4.39 Å². The molecule has 5 nitrogen and oxygen atoms in total. The molecule has 0 aliphatic carbocycles. The Balaban J connectivity index is 1.80. The number of ether oxygens (including phenoxy) is 1. The van der Waals surface area contributed by atoms with Gasteiger partial charge < -0.3 is 15.0 Å². The third-order valence-corrected chi connectivity index (χ3v) is 3.78. The Morgan fingerprint density at radius 1 is 1.40 bits per heavy atom. The summed E-state index contributed by atoms with van der Waals surface area (Å²) in [7, 11) is 1.71. The lowest BCUT2D eigenvalue weighted by molar-refractivity contribution is 0.196. The molecule has 1 fully saturated rings. The van der Waals surface area contributed by atoms with E-state index in [0.717, 1.165) is 45.6 Å². The van der Waals surface area contributed by atoms with E-state index in [1.807, 2.05) is 4.90 Å². The van der Waals surface area contributed by atoms with E-state index in [2.05, 4.69) is 15.3 Å². The quantitative estimate of drug-likeness (QED) is 0.799. The first kappa shape index (κ1) is 15.1. The molecule has 1 aromatic heterocycles. The zero-order valence-corrected chi connectivity index (χ0v) is 12.2. The van der Waals surface area contributed by atoms with Crippen LogP contribution in [0.3, 0.4) is 0 Å². The first-order chi connectivity index (χ1) is 9.72. The monoisotopic (exact) mass is 282 g/mol. The zero-order valence-electron chi connectivity index (χ0n) is 12.2. The number of hydrogen-bond acceptors (Lipinski definition) is 5. The summed E-state index contributed by atoms with van der Waals surface area (Å²) >= 11 is 0. The molecule has 0 amide bonds. The summed E-state index contributed by atoms with van der Waals surface area (Å²) in [4.78, 5) is 9.98. The molecule has 2 heterocycles. The van der Waals surface area contributed by atoms with Crippen molar-refractivity contribution in [3.8, 4) is 0 Å². The number of halogens is 1. The highest BCUT2D eigenvalue weighted by molar-refractivity contribution is 5.41. The second-order valence-corrected chi connectivity index (χ2v) is 5.22. The van der Waals surface area contributed by atoms with Gasteiger partial charge in [0.2, 0.25) is 0 Å². The van der Waals surface area contributed by atoms with Crippen molar-refractivity contribution in [2.24, 2.45) is 5.92 Å². The zero-order chi connectivity index (χ0) is 14.4. The maximum absolute atomic E-state index is 14.0. The molecule has 0 saturated carbocycles. The number of aromatic nitrogens is 2. The Bertz CT molecular complexity index is 422. The molecule has 0 spiro atoms. The molecule has 0 atom stereocenters. The molecule has 20 heavy (non-hydrogen) atoms. The van der Waals surface area contributed by atoms with Crippen LogP contribution in [0.5, 0.6) is 0 Å². The molecular formula is C14H23FN4O. The number of methoxy groups -OCH3 is 1. The van der Waals surface area contributed by atoms with Crippen LogP contribution in [0.15, 0.2) is 6.33 Å². The third-order valence-electron chi connectivity index (χ3n) is 3.78. The average molecular weight is 282 g/mol. The fourth-order valence-corrected chi connectivity index (χ4v) is 2.50. The summed E-state index contributed by atoms with van der Waals surface area (Å²) in [5.74, 6) is 0.807. The predicted molar refractivity (Wildman–Crippen MR) is 76.4 cm³/mol. The third kappa shape index (κ3) is 3.86. The van der Waals surface area contributed by atoms with Gasteiger partial charge in [0.1, 0.15) is 6.33 Å². The van der Waals surface area contributed by atoms with E-state index >= 15 is 0 Å². The highest BCUT2D eigenvalue weighted by Crippen LogP contribution is 2.24. The van der Waals surface area contributed by atoms with Crippen molar-refractivity contribution >= 4 is 5.82 Å². The van der Waals surface area contributed by atoms with Crippen molar-refractivity contribution in [3.63, 3.8) is 0 Å². The van der Waals surface area contributed by atoms with Crippen molar-refractivity contribution in [1.29, 1.82) is 0 Å². The van der Waals surface area contributed by atoms with E-state index in [1.165, 1.54) is 6.33 Å². The van der Waals surface area contributed by atoms with Crippen LogP contribution in [0.2, 0.25) is 0 Å². The molecule has 6 heteroatoms. The minimum atomic E-state index is -0.288. The molecule has 1 N–H and O–H groups in total. The van der Waals surface area contributed by atoms with Gasteiger partial charge in [0, 0.05) is 26.7 Å². The summed E-state index contributed by atoms with van der Waals surface area (Å²) < 4.78 is 19.0. The number of rotatable bonds is 6. The van der Waals surface area contributed by atoms with Crippen molar-refractivity contribution < 1.29 is 9.13 Å². The topological polar surface area (TPSA) is 50.3 Å². The number of nitrogens with one attached hydrogen (secondary N) is 1. The second-order valence-electron chi connectivity index (χ2n) is 5.22. The number of aryl methyl sites for hydroxylation is 1. The number of piperidine rings is 1. The molecule has 1 aliphatic rings. The molecular weight excluding hydrogens is 259 g/mol. The Morgan fingerprint density at radius 3 is 2.85 bits per heavy atom. The smallest absolute Gasteiger partial charge is 0.186 e. The van der Waals surface area contributed by atoms with Gasteiger partial charge in [-0.25, -0.2) is 14.4 Å². The van der Waals surface area contributed by atoms with Crippen LogP contribution in [0.1, 0.15) is 18.5 Å². The normalized spacial score (nSPS) is 16.6. The highest BCUT2D eigenvalue weighted by atomic mass is 19.1. The maximum atomic E-state index is 14.0. The van der Waals surface area contributed by atoms with Crippen LogP contribution in [-0.4, -0.2) is 49.9 Å². The molecule has 1 saturated heterocycles. The Morgan fingerprint density at radius 2 is 2.15 bits per heavy atom. The van der Waals surface area contributed by atoms with Gasteiger partial charge in [0.25, 0.3) is 0 Å². The van der Waals surface area contributed by atoms with Gasteiger partial charge in [-0.05, 0) is 32.2 Å². The van der Waals surface area contributed by atoms with Crippen LogP contribution in [0.25, 0.3) is 0 Å². The van der Waals surface area contributed by atoms with Crippen molar-refractivity contribution in [2.75, 3.05) is 44.8 Å². The van der Waals surface area contributed by atoms with Crippen molar-refractivity contribution in [2.45, 2.75) is 19.8 Å². The first-order valence-electron chi connectivity index (χ1n) is 7.14. The van der Waals surface area contributed by atoms with Gasteiger partial charge >= 0.3 is 0 Å². The van der Waals surface area contributed by atoms with Crippen LogP contribution in [0.4, 0.5) is 10.2 Å². The lowest BCUT2D eigenvalue weighted by Gasteiger charge is -2.33. The lowest BCUT2D eigenvalue weighted by Crippen LogP contribution is -2.38. The van der Waals surface area contributed by atoms with Crippen molar-refractivity contribution in [1.82, 2.24) is 15.3 Å². The molecule has 112 valence electrons. The molecule has 0 radical (unpaired) electrons. The second kappa shape index (κ2) is 7.50. The fraction of sp³-hybridized carbons (Fsp3) is 0.714. The maximum Gasteiger partial charge on any atom is 0.186 e.